The number of benzene rings is 3. The van der Waals surface area contributed by atoms with E-state index in [1.807, 2.05) is 60.7 Å². The first-order valence-corrected chi connectivity index (χ1v) is 11.8. The van der Waals surface area contributed by atoms with Gasteiger partial charge in [0.1, 0.15) is 5.82 Å². The summed E-state index contributed by atoms with van der Waals surface area (Å²) in [6, 6.07) is 27.8. The number of anilines is 2. The van der Waals surface area contributed by atoms with Crippen LogP contribution in [-0.4, -0.2) is 40.9 Å². The lowest BCUT2D eigenvalue weighted by molar-refractivity contribution is 0.0952. The summed E-state index contributed by atoms with van der Waals surface area (Å²) < 4.78 is 0. The number of carbonyl (C=O) groups excluding carboxylic acids is 1. The molecule has 178 valence electrons. The molecule has 0 unspecified atom stereocenters. The third kappa shape index (κ3) is 7.22. The van der Waals surface area contributed by atoms with Crippen LogP contribution in [0.3, 0.4) is 0 Å². The largest absolute Gasteiger partial charge is 0.352 e. The lowest BCUT2D eigenvalue weighted by Crippen LogP contribution is -2.28. The summed E-state index contributed by atoms with van der Waals surface area (Å²) in [5.74, 6) is 1.25. The summed E-state index contributed by atoms with van der Waals surface area (Å²) in [4.78, 5) is 23.9. The van der Waals surface area contributed by atoms with Crippen LogP contribution in [0.25, 0.3) is 11.4 Å². The summed E-state index contributed by atoms with van der Waals surface area (Å²) >= 11 is 0. The number of hydrogen-bond donors (Lipinski definition) is 2. The van der Waals surface area contributed by atoms with Crippen LogP contribution in [0.1, 0.15) is 27.9 Å². The van der Waals surface area contributed by atoms with E-state index < -0.39 is 0 Å². The van der Waals surface area contributed by atoms with E-state index in [1.54, 1.807) is 6.20 Å². The smallest absolute Gasteiger partial charge is 0.251 e. The molecule has 4 rings (SSSR count). The predicted octanol–water partition coefficient (Wildman–Crippen LogP) is 5.45. The molecule has 0 aliphatic heterocycles. The Morgan fingerprint density at radius 3 is 2.54 bits per heavy atom. The van der Waals surface area contributed by atoms with Gasteiger partial charge in [-0.2, -0.15) is 0 Å². The molecule has 0 aliphatic carbocycles. The highest BCUT2D eigenvalue weighted by Crippen LogP contribution is 2.20. The van der Waals surface area contributed by atoms with E-state index in [2.05, 4.69) is 63.7 Å². The molecule has 6 nitrogen and oxygen atoms in total. The minimum absolute atomic E-state index is 0.0811. The molecule has 0 bridgehead atoms. The average Bonchev–Trinajstić information content (AvgIpc) is 2.88. The van der Waals surface area contributed by atoms with Gasteiger partial charge in [-0.25, -0.2) is 9.97 Å². The number of nitrogens with one attached hydrogen (secondary N) is 2. The number of carbonyl (C=O) groups is 1. The zero-order chi connectivity index (χ0) is 24.5. The van der Waals surface area contributed by atoms with Crippen LogP contribution in [-0.2, 0) is 6.54 Å². The Morgan fingerprint density at radius 2 is 1.74 bits per heavy atom. The van der Waals surface area contributed by atoms with Crippen molar-refractivity contribution in [2.75, 3.05) is 25.5 Å². The van der Waals surface area contributed by atoms with Crippen molar-refractivity contribution in [2.24, 2.45) is 0 Å². The van der Waals surface area contributed by atoms with E-state index in [4.69, 9.17) is 0 Å². The number of nitrogens with zero attached hydrogens (tertiary/aromatic N) is 3. The summed E-state index contributed by atoms with van der Waals surface area (Å²) in [6.07, 6.45) is 2.62. The van der Waals surface area contributed by atoms with Crippen molar-refractivity contribution in [3.05, 3.63) is 108 Å². The highest BCUT2D eigenvalue weighted by molar-refractivity contribution is 5.95. The van der Waals surface area contributed by atoms with E-state index >= 15 is 0 Å². The molecule has 0 aliphatic rings. The molecular weight excluding hydrogens is 434 g/mol. The maximum absolute atomic E-state index is 12.7. The molecule has 6 heteroatoms. The van der Waals surface area contributed by atoms with Gasteiger partial charge in [0.05, 0.1) is 0 Å². The van der Waals surface area contributed by atoms with Gasteiger partial charge in [0.2, 0.25) is 0 Å². The van der Waals surface area contributed by atoms with Gasteiger partial charge in [-0.3, -0.25) is 4.79 Å². The Balaban J connectivity index is 1.29. The first kappa shape index (κ1) is 24.1. The zero-order valence-electron chi connectivity index (χ0n) is 20.2. The van der Waals surface area contributed by atoms with Crippen LogP contribution in [0.2, 0.25) is 0 Å². The molecule has 1 heterocycles. The van der Waals surface area contributed by atoms with Crippen LogP contribution in [0.15, 0.2) is 91.1 Å². The summed E-state index contributed by atoms with van der Waals surface area (Å²) in [6.45, 7) is 4.49. The molecule has 35 heavy (non-hydrogen) atoms. The Labute approximate surface area is 207 Å². The van der Waals surface area contributed by atoms with Gasteiger partial charge >= 0.3 is 0 Å². The number of rotatable bonds is 10. The molecule has 1 aromatic heterocycles. The molecule has 0 saturated heterocycles. The lowest BCUT2D eigenvalue weighted by atomic mass is 10.1. The molecule has 0 spiro atoms. The van der Waals surface area contributed by atoms with Crippen molar-refractivity contribution < 1.29 is 4.79 Å². The Morgan fingerprint density at radius 1 is 0.943 bits per heavy atom. The molecule has 0 radical (unpaired) electrons. The van der Waals surface area contributed by atoms with Crippen molar-refractivity contribution in [3.63, 3.8) is 0 Å². The highest BCUT2D eigenvalue weighted by atomic mass is 16.1. The van der Waals surface area contributed by atoms with Gasteiger partial charge in [0.25, 0.3) is 5.91 Å². The molecule has 0 saturated carbocycles. The zero-order valence-corrected chi connectivity index (χ0v) is 20.2. The Bertz CT molecular complexity index is 1240. The van der Waals surface area contributed by atoms with Crippen molar-refractivity contribution >= 4 is 17.4 Å². The van der Waals surface area contributed by atoms with Gasteiger partial charge < -0.3 is 15.5 Å². The predicted molar refractivity (Wildman–Crippen MR) is 142 cm³/mol. The molecule has 3 aromatic carbocycles. The van der Waals surface area contributed by atoms with Crippen molar-refractivity contribution in [1.82, 2.24) is 20.2 Å². The summed E-state index contributed by atoms with van der Waals surface area (Å²) in [5.41, 5.74) is 4.85. The molecule has 2 N–H and O–H groups in total. The SMILES string of the molecule is Cc1ccc(-c2nccc(Nc3cccc(C(=O)NCCCN(C)Cc4ccccc4)c3)n2)cc1. The fourth-order valence-corrected chi connectivity index (χ4v) is 3.78. The number of hydrogen-bond acceptors (Lipinski definition) is 5. The minimum Gasteiger partial charge on any atom is -0.352 e. The number of aryl methyl sites for hydroxylation is 1. The number of amides is 1. The Hall–Kier alpha value is -4.03. The molecule has 0 atom stereocenters. The number of aromatic nitrogens is 2. The normalized spacial score (nSPS) is 10.8. The van der Waals surface area contributed by atoms with Crippen LogP contribution in [0.5, 0.6) is 0 Å². The summed E-state index contributed by atoms with van der Waals surface area (Å²) in [5, 5.41) is 6.31. The van der Waals surface area contributed by atoms with Gasteiger partial charge in [0.15, 0.2) is 5.82 Å². The van der Waals surface area contributed by atoms with Gasteiger partial charge in [-0.15, -0.1) is 0 Å². The van der Waals surface area contributed by atoms with Gasteiger partial charge in [-0.1, -0.05) is 66.2 Å². The van der Waals surface area contributed by atoms with Crippen molar-refractivity contribution in [1.29, 1.82) is 0 Å². The second kappa shape index (κ2) is 11.9. The maximum Gasteiger partial charge on any atom is 0.251 e. The van der Waals surface area contributed by atoms with E-state index in [1.165, 1.54) is 11.1 Å². The van der Waals surface area contributed by atoms with Crippen LogP contribution >= 0.6 is 0 Å². The average molecular weight is 466 g/mol. The van der Waals surface area contributed by atoms with Crippen LogP contribution in [0, 0.1) is 6.92 Å². The topological polar surface area (TPSA) is 70.2 Å². The summed E-state index contributed by atoms with van der Waals surface area (Å²) in [7, 11) is 2.10. The van der Waals surface area contributed by atoms with E-state index in [-0.39, 0.29) is 5.91 Å². The Kier molecular flexibility index (Phi) is 8.20. The third-order valence-electron chi connectivity index (χ3n) is 5.66. The first-order chi connectivity index (χ1) is 17.1. The quantitative estimate of drug-likeness (QED) is 0.305. The molecule has 1 amide bonds. The lowest BCUT2D eigenvalue weighted by Gasteiger charge is -2.16. The van der Waals surface area contributed by atoms with Crippen LogP contribution < -0.4 is 10.6 Å². The third-order valence-corrected chi connectivity index (χ3v) is 5.66. The van der Waals surface area contributed by atoms with Crippen LogP contribution in [0.4, 0.5) is 11.5 Å². The van der Waals surface area contributed by atoms with E-state index in [9.17, 15) is 4.79 Å². The van der Waals surface area contributed by atoms with E-state index in [0.29, 0.717) is 23.8 Å². The second-order valence-electron chi connectivity index (χ2n) is 8.67. The van der Waals surface area contributed by atoms with E-state index in [0.717, 1.165) is 30.8 Å². The molecular formula is C29H31N5O. The fourth-order valence-electron chi connectivity index (χ4n) is 3.78. The van der Waals surface area contributed by atoms with Crippen molar-refractivity contribution in [2.45, 2.75) is 19.9 Å². The minimum atomic E-state index is -0.0811. The molecule has 0 fully saturated rings. The maximum atomic E-state index is 12.7. The first-order valence-electron chi connectivity index (χ1n) is 11.8. The van der Waals surface area contributed by atoms with Crippen molar-refractivity contribution in [3.8, 4) is 11.4 Å². The fraction of sp³-hybridized carbons (Fsp3) is 0.207. The molecule has 4 aromatic rings. The van der Waals surface area contributed by atoms with Gasteiger partial charge in [0, 0.05) is 36.1 Å². The second-order valence-corrected chi connectivity index (χ2v) is 8.67. The highest BCUT2D eigenvalue weighted by Gasteiger charge is 2.08. The standard InChI is InChI=1S/C29H31N5O/c1-22-12-14-24(15-13-22)28-30-18-16-27(33-28)32-26-11-6-10-25(20-26)29(35)31-17-7-19-34(2)21-23-8-4-3-5-9-23/h3-6,8-16,18,20H,7,17,19,21H2,1-2H3,(H,31,35)(H,30,32,33). The monoisotopic (exact) mass is 465 g/mol. The van der Waals surface area contributed by atoms with Gasteiger partial charge in [-0.05, 0) is 56.8 Å².